The highest BCUT2D eigenvalue weighted by atomic mass is 16.2. The second kappa shape index (κ2) is 10.4. The van der Waals surface area contributed by atoms with E-state index in [1.807, 2.05) is 18.2 Å². The molecular formula is C25H29N7O2. The van der Waals surface area contributed by atoms with Crippen molar-refractivity contribution in [2.24, 2.45) is 5.73 Å². The number of carbonyl (C=O) groups excluding carboxylic acids is 2. The summed E-state index contributed by atoms with van der Waals surface area (Å²) in [4.78, 5) is 38.9. The molecule has 0 spiro atoms. The van der Waals surface area contributed by atoms with Crippen LogP contribution in [0.5, 0.6) is 0 Å². The van der Waals surface area contributed by atoms with Crippen molar-refractivity contribution in [3.63, 3.8) is 0 Å². The average molecular weight is 460 g/mol. The van der Waals surface area contributed by atoms with Gasteiger partial charge >= 0.3 is 0 Å². The molecule has 4 N–H and O–H groups in total. The Labute approximate surface area is 198 Å². The van der Waals surface area contributed by atoms with Gasteiger partial charge in [-0.25, -0.2) is 9.97 Å². The topological polar surface area (TPSA) is 126 Å². The van der Waals surface area contributed by atoms with E-state index in [1.165, 1.54) is 11.2 Å². The van der Waals surface area contributed by atoms with Gasteiger partial charge in [-0.3, -0.25) is 14.6 Å². The van der Waals surface area contributed by atoms with Crippen LogP contribution in [-0.4, -0.2) is 57.8 Å². The number of amides is 2. The zero-order valence-electron chi connectivity index (χ0n) is 19.4. The maximum absolute atomic E-state index is 12.6. The molecular weight excluding hydrogens is 430 g/mol. The molecule has 0 bridgehead atoms. The Morgan fingerprint density at radius 2 is 1.76 bits per heavy atom. The molecule has 0 aliphatic heterocycles. The normalized spacial score (nSPS) is 17.6. The van der Waals surface area contributed by atoms with Crippen LogP contribution >= 0.6 is 0 Å². The van der Waals surface area contributed by atoms with Crippen LogP contribution in [0.4, 0.5) is 11.5 Å². The minimum atomic E-state index is -0.157. The van der Waals surface area contributed by atoms with Crippen molar-refractivity contribution in [1.29, 1.82) is 0 Å². The summed E-state index contributed by atoms with van der Waals surface area (Å²) in [5.74, 6) is 0.334. The van der Waals surface area contributed by atoms with Crippen LogP contribution in [0.15, 0.2) is 55.0 Å². The summed E-state index contributed by atoms with van der Waals surface area (Å²) in [6.45, 7) is 0. The standard InChI is InChI=1S/C25H29N7O2/c1-32(2)25(34)21-12-9-17(14-27-21)22-13-23(29-15-28-22)30-18-10-7-16(8-11-18)24(33)31-20-6-4-3-5-19(20)26/h7-15,19-20H,3-6,26H2,1-2H3,(H,31,33)(H,28,29,30)/t19-,20-/m1/s1. The first-order valence-electron chi connectivity index (χ1n) is 11.3. The summed E-state index contributed by atoms with van der Waals surface area (Å²) < 4.78 is 0. The van der Waals surface area contributed by atoms with Gasteiger partial charge in [0.1, 0.15) is 17.8 Å². The van der Waals surface area contributed by atoms with Gasteiger partial charge < -0.3 is 21.3 Å². The van der Waals surface area contributed by atoms with Gasteiger partial charge in [0.15, 0.2) is 0 Å². The number of hydrogen-bond acceptors (Lipinski definition) is 7. The van der Waals surface area contributed by atoms with Crippen LogP contribution < -0.4 is 16.4 Å². The average Bonchev–Trinajstić information content (AvgIpc) is 2.85. The number of nitrogens with two attached hydrogens (primary N) is 1. The van der Waals surface area contributed by atoms with E-state index in [1.54, 1.807) is 44.6 Å². The zero-order chi connectivity index (χ0) is 24.1. The van der Waals surface area contributed by atoms with Crippen LogP contribution in [0.25, 0.3) is 11.3 Å². The van der Waals surface area contributed by atoms with E-state index in [4.69, 9.17) is 5.73 Å². The third kappa shape index (κ3) is 5.55. The Bertz CT molecular complexity index is 1150. The number of hydrogen-bond donors (Lipinski definition) is 3. The molecule has 1 aliphatic rings. The van der Waals surface area contributed by atoms with E-state index < -0.39 is 0 Å². The number of benzene rings is 1. The van der Waals surface area contributed by atoms with Crippen molar-refractivity contribution in [3.05, 3.63) is 66.2 Å². The molecule has 0 unspecified atom stereocenters. The molecule has 1 fully saturated rings. The minimum absolute atomic E-state index is 0.0190. The molecule has 9 nitrogen and oxygen atoms in total. The molecule has 9 heteroatoms. The lowest BCUT2D eigenvalue weighted by molar-refractivity contribution is 0.0821. The Kier molecular flexibility index (Phi) is 7.12. The number of aromatic nitrogens is 3. The number of nitrogens with zero attached hydrogens (tertiary/aromatic N) is 4. The predicted molar refractivity (Wildman–Crippen MR) is 131 cm³/mol. The van der Waals surface area contributed by atoms with Crippen LogP contribution in [0, 0.1) is 0 Å². The number of rotatable bonds is 6. The van der Waals surface area contributed by atoms with Crippen molar-refractivity contribution >= 4 is 23.3 Å². The van der Waals surface area contributed by atoms with Gasteiger partial charge in [-0.2, -0.15) is 0 Å². The predicted octanol–water partition coefficient (Wildman–Crippen LogP) is 2.98. The quantitative estimate of drug-likeness (QED) is 0.517. The summed E-state index contributed by atoms with van der Waals surface area (Å²) in [6.07, 6.45) is 7.17. The van der Waals surface area contributed by atoms with Crippen LogP contribution in [0.3, 0.4) is 0 Å². The molecule has 176 valence electrons. The lowest BCUT2D eigenvalue weighted by Crippen LogP contribution is -2.49. The van der Waals surface area contributed by atoms with Crippen molar-refractivity contribution < 1.29 is 9.59 Å². The third-order valence-corrected chi connectivity index (χ3v) is 5.91. The summed E-state index contributed by atoms with van der Waals surface area (Å²) in [5.41, 5.74) is 9.34. The molecule has 2 amide bonds. The highest BCUT2D eigenvalue weighted by Crippen LogP contribution is 2.22. The zero-order valence-corrected chi connectivity index (χ0v) is 19.4. The van der Waals surface area contributed by atoms with Crippen LogP contribution in [0.2, 0.25) is 0 Å². The molecule has 1 aromatic carbocycles. The Morgan fingerprint density at radius 3 is 2.44 bits per heavy atom. The maximum atomic E-state index is 12.6. The lowest BCUT2D eigenvalue weighted by Gasteiger charge is -2.29. The first-order chi connectivity index (χ1) is 16.4. The van der Waals surface area contributed by atoms with E-state index in [0.29, 0.717) is 22.8 Å². The molecule has 0 radical (unpaired) electrons. The van der Waals surface area contributed by atoms with Gasteiger partial charge in [0.25, 0.3) is 11.8 Å². The summed E-state index contributed by atoms with van der Waals surface area (Å²) >= 11 is 0. The second-order valence-corrected chi connectivity index (χ2v) is 8.65. The summed E-state index contributed by atoms with van der Waals surface area (Å²) in [5, 5.41) is 6.29. The number of pyridine rings is 1. The Hall–Kier alpha value is -3.85. The van der Waals surface area contributed by atoms with Crippen LogP contribution in [0.1, 0.15) is 46.5 Å². The highest BCUT2D eigenvalue weighted by molar-refractivity contribution is 5.95. The SMILES string of the molecule is CN(C)C(=O)c1ccc(-c2cc(Nc3ccc(C(=O)N[C@@H]4CCCC[C@H]4N)cc3)ncn2)cn1. The van der Waals surface area contributed by atoms with Crippen molar-refractivity contribution in [1.82, 2.24) is 25.2 Å². The molecule has 2 heterocycles. The van der Waals surface area contributed by atoms with Crippen molar-refractivity contribution in [2.45, 2.75) is 37.8 Å². The highest BCUT2D eigenvalue weighted by Gasteiger charge is 2.23. The van der Waals surface area contributed by atoms with Crippen LogP contribution in [-0.2, 0) is 0 Å². The van der Waals surface area contributed by atoms with Gasteiger partial charge in [-0.05, 0) is 49.2 Å². The number of carbonyl (C=O) groups is 2. The van der Waals surface area contributed by atoms with E-state index in [-0.39, 0.29) is 23.9 Å². The smallest absolute Gasteiger partial charge is 0.271 e. The van der Waals surface area contributed by atoms with E-state index >= 15 is 0 Å². The second-order valence-electron chi connectivity index (χ2n) is 8.65. The minimum Gasteiger partial charge on any atom is -0.348 e. The maximum Gasteiger partial charge on any atom is 0.271 e. The molecule has 1 saturated carbocycles. The van der Waals surface area contributed by atoms with Crippen molar-refractivity contribution in [2.75, 3.05) is 19.4 Å². The molecule has 2 atom stereocenters. The molecule has 34 heavy (non-hydrogen) atoms. The van der Waals surface area contributed by atoms with Gasteiger partial charge in [0, 0.05) is 55.3 Å². The Morgan fingerprint density at radius 1 is 1.00 bits per heavy atom. The summed E-state index contributed by atoms with van der Waals surface area (Å²) in [7, 11) is 3.37. The fourth-order valence-electron chi connectivity index (χ4n) is 3.93. The monoisotopic (exact) mass is 459 g/mol. The fourth-order valence-corrected chi connectivity index (χ4v) is 3.93. The van der Waals surface area contributed by atoms with Crippen molar-refractivity contribution in [3.8, 4) is 11.3 Å². The first-order valence-corrected chi connectivity index (χ1v) is 11.3. The largest absolute Gasteiger partial charge is 0.348 e. The first kappa shape index (κ1) is 23.3. The molecule has 2 aromatic heterocycles. The molecule has 3 aromatic rings. The van der Waals surface area contributed by atoms with Gasteiger partial charge in [0.2, 0.25) is 0 Å². The fraction of sp³-hybridized carbons (Fsp3) is 0.320. The van der Waals surface area contributed by atoms with Gasteiger partial charge in [0.05, 0.1) is 5.69 Å². The number of anilines is 2. The lowest BCUT2D eigenvalue weighted by atomic mass is 9.91. The summed E-state index contributed by atoms with van der Waals surface area (Å²) in [6, 6.07) is 12.6. The third-order valence-electron chi connectivity index (χ3n) is 5.91. The molecule has 4 rings (SSSR count). The Balaban J connectivity index is 1.41. The molecule has 1 aliphatic carbocycles. The molecule has 0 saturated heterocycles. The van der Waals surface area contributed by atoms with E-state index in [0.717, 1.165) is 36.9 Å². The van der Waals surface area contributed by atoms with Gasteiger partial charge in [-0.15, -0.1) is 0 Å². The number of nitrogens with one attached hydrogen (secondary N) is 2. The van der Waals surface area contributed by atoms with Gasteiger partial charge in [-0.1, -0.05) is 12.8 Å². The van der Waals surface area contributed by atoms with E-state index in [2.05, 4.69) is 25.6 Å². The van der Waals surface area contributed by atoms with E-state index in [9.17, 15) is 9.59 Å².